The number of fused-ring (bicyclic) bond motifs is 7. The zero-order chi connectivity index (χ0) is 12.3. The van der Waals surface area contributed by atoms with Crippen molar-refractivity contribution in [2.24, 2.45) is 0 Å². The topological polar surface area (TPSA) is 12.0 Å². The Bertz CT molecular complexity index is 636. The van der Waals surface area contributed by atoms with Gasteiger partial charge in [-0.3, -0.25) is 5.32 Å². The molecule has 90 valence electrons. The molecule has 2 bridgehead atoms. The van der Waals surface area contributed by atoms with E-state index in [0.29, 0.717) is 0 Å². The van der Waals surface area contributed by atoms with Crippen LogP contribution in [0, 0.1) is 0 Å². The molecule has 1 nitrogen and oxygen atoms in total. The highest BCUT2D eigenvalue weighted by Gasteiger charge is 2.49. The summed E-state index contributed by atoms with van der Waals surface area (Å²) in [7, 11) is 0. The molecule has 18 heavy (non-hydrogen) atoms. The van der Waals surface area contributed by atoms with Crippen molar-refractivity contribution < 1.29 is 4.39 Å². The van der Waals surface area contributed by atoms with Gasteiger partial charge in [0.05, 0.1) is 11.6 Å². The largest absolute Gasteiger partial charge is 0.294 e. The summed E-state index contributed by atoms with van der Waals surface area (Å²) >= 11 is 0. The lowest BCUT2D eigenvalue weighted by atomic mass is 9.82. The molecule has 0 saturated carbocycles. The Hall–Kier alpha value is -1.67. The molecule has 3 unspecified atom stereocenters. The average molecular weight is 239 g/mol. The van der Waals surface area contributed by atoms with Crippen LogP contribution in [0.25, 0.3) is 0 Å². The summed E-state index contributed by atoms with van der Waals surface area (Å²) in [6, 6.07) is 15.8. The van der Waals surface area contributed by atoms with Crippen molar-refractivity contribution in [3.63, 3.8) is 0 Å². The first-order valence-corrected chi connectivity index (χ1v) is 6.32. The lowest BCUT2D eigenvalue weighted by Crippen LogP contribution is -2.42. The van der Waals surface area contributed by atoms with E-state index in [-0.39, 0.29) is 11.6 Å². The minimum Gasteiger partial charge on any atom is -0.294 e. The molecule has 0 spiro atoms. The van der Waals surface area contributed by atoms with Crippen LogP contribution in [0.1, 0.15) is 41.4 Å². The molecule has 0 amide bonds. The Balaban J connectivity index is 2.08. The molecule has 0 fully saturated rings. The SMILES string of the molecule is CC12NC(c3ccccc31)C(F)c1ccccc12. The fourth-order valence-electron chi connectivity index (χ4n) is 3.52. The van der Waals surface area contributed by atoms with Crippen LogP contribution < -0.4 is 5.32 Å². The average Bonchev–Trinajstić information content (AvgIpc) is 2.70. The van der Waals surface area contributed by atoms with Gasteiger partial charge in [-0.15, -0.1) is 0 Å². The summed E-state index contributed by atoms with van der Waals surface area (Å²) in [5.74, 6) is 0. The highest BCUT2D eigenvalue weighted by molar-refractivity contribution is 5.55. The molecule has 0 saturated heterocycles. The third-order valence-corrected chi connectivity index (χ3v) is 4.37. The van der Waals surface area contributed by atoms with E-state index in [1.807, 2.05) is 42.5 Å². The maximum Gasteiger partial charge on any atom is 0.145 e. The smallest absolute Gasteiger partial charge is 0.145 e. The number of rotatable bonds is 0. The van der Waals surface area contributed by atoms with E-state index in [4.69, 9.17) is 0 Å². The quantitative estimate of drug-likeness (QED) is 0.740. The number of nitrogens with one attached hydrogen (secondary N) is 1. The maximum atomic E-state index is 14.7. The third kappa shape index (κ3) is 1.05. The van der Waals surface area contributed by atoms with Gasteiger partial charge in [-0.05, 0) is 29.2 Å². The molecule has 2 heterocycles. The number of hydrogen-bond acceptors (Lipinski definition) is 1. The van der Waals surface area contributed by atoms with E-state index in [2.05, 4.69) is 18.3 Å². The van der Waals surface area contributed by atoms with E-state index >= 15 is 0 Å². The van der Waals surface area contributed by atoms with E-state index in [1.54, 1.807) is 0 Å². The molecule has 0 aromatic heterocycles. The number of hydrogen-bond donors (Lipinski definition) is 1. The molecule has 2 aliphatic heterocycles. The first-order valence-electron chi connectivity index (χ1n) is 6.32. The van der Waals surface area contributed by atoms with E-state index in [0.717, 1.165) is 16.7 Å². The predicted octanol–water partition coefficient (Wildman–Crippen LogP) is 3.62. The Morgan fingerprint density at radius 3 is 2.22 bits per heavy atom. The monoisotopic (exact) mass is 239 g/mol. The lowest BCUT2D eigenvalue weighted by Gasteiger charge is -2.36. The van der Waals surface area contributed by atoms with E-state index in [1.165, 1.54) is 5.56 Å². The van der Waals surface area contributed by atoms with Crippen LogP contribution in [-0.2, 0) is 5.54 Å². The van der Waals surface area contributed by atoms with Crippen molar-refractivity contribution in [1.29, 1.82) is 0 Å². The summed E-state index contributed by atoms with van der Waals surface area (Å²) < 4.78 is 14.7. The highest BCUT2D eigenvalue weighted by atomic mass is 19.1. The van der Waals surface area contributed by atoms with Crippen LogP contribution >= 0.6 is 0 Å². The Kier molecular flexibility index (Phi) is 1.83. The van der Waals surface area contributed by atoms with Crippen LogP contribution in [0.5, 0.6) is 0 Å². The molecular formula is C16H14FN. The van der Waals surface area contributed by atoms with Gasteiger partial charge in [0.25, 0.3) is 0 Å². The molecule has 0 radical (unpaired) electrons. The minimum absolute atomic E-state index is 0.207. The standard InChI is InChI=1S/C16H14FN/c1-16-12-8-4-2-6-10(12)14(17)15(18-16)11-7-3-5-9-13(11)16/h2-9,14-15,18H,1H3. The molecule has 0 aliphatic carbocycles. The molecule has 1 N–H and O–H groups in total. The van der Waals surface area contributed by atoms with Crippen molar-refractivity contribution in [3.05, 3.63) is 70.8 Å². The molecule has 4 rings (SSSR count). The molecule has 2 heteroatoms. The highest BCUT2D eigenvalue weighted by Crippen LogP contribution is 2.53. The fourth-order valence-corrected chi connectivity index (χ4v) is 3.52. The van der Waals surface area contributed by atoms with Crippen molar-refractivity contribution >= 4 is 0 Å². The molecule has 2 aliphatic rings. The van der Waals surface area contributed by atoms with Crippen molar-refractivity contribution in [2.75, 3.05) is 0 Å². The zero-order valence-electron chi connectivity index (χ0n) is 10.2. The van der Waals surface area contributed by atoms with Gasteiger partial charge in [-0.25, -0.2) is 4.39 Å². The maximum absolute atomic E-state index is 14.7. The fraction of sp³-hybridized carbons (Fsp3) is 0.250. The zero-order valence-corrected chi connectivity index (χ0v) is 10.2. The van der Waals surface area contributed by atoms with Gasteiger partial charge >= 0.3 is 0 Å². The second-order valence-electron chi connectivity index (χ2n) is 5.32. The summed E-state index contributed by atoms with van der Waals surface area (Å²) in [5, 5.41) is 3.46. The number of halogens is 1. The molecular weight excluding hydrogens is 225 g/mol. The van der Waals surface area contributed by atoms with Crippen LogP contribution in [0.15, 0.2) is 48.5 Å². The first-order chi connectivity index (χ1) is 8.72. The van der Waals surface area contributed by atoms with E-state index in [9.17, 15) is 4.39 Å². The van der Waals surface area contributed by atoms with Gasteiger partial charge in [0.2, 0.25) is 0 Å². The van der Waals surface area contributed by atoms with Gasteiger partial charge < -0.3 is 0 Å². The number of benzene rings is 2. The second-order valence-corrected chi connectivity index (χ2v) is 5.32. The Morgan fingerprint density at radius 1 is 0.944 bits per heavy atom. The van der Waals surface area contributed by atoms with Crippen molar-refractivity contribution in [3.8, 4) is 0 Å². The normalized spacial score (nSPS) is 31.9. The molecule has 2 aromatic rings. The van der Waals surface area contributed by atoms with Gasteiger partial charge in [-0.1, -0.05) is 48.5 Å². The first kappa shape index (κ1) is 10.3. The van der Waals surface area contributed by atoms with Gasteiger partial charge in [0, 0.05) is 0 Å². The summed E-state index contributed by atoms with van der Waals surface area (Å²) in [6.45, 7) is 2.15. The van der Waals surface area contributed by atoms with Crippen molar-refractivity contribution in [1.82, 2.24) is 5.32 Å². The van der Waals surface area contributed by atoms with Crippen LogP contribution in [0.2, 0.25) is 0 Å². The molecule has 2 aromatic carbocycles. The van der Waals surface area contributed by atoms with E-state index < -0.39 is 6.17 Å². The van der Waals surface area contributed by atoms with Crippen LogP contribution in [-0.4, -0.2) is 0 Å². The summed E-state index contributed by atoms with van der Waals surface area (Å²) in [5.41, 5.74) is 3.96. The van der Waals surface area contributed by atoms with Gasteiger partial charge in [0.15, 0.2) is 0 Å². The summed E-state index contributed by atoms with van der Waals surface area (Å²) in [4.78, 5) is 0. The van der Waals surface area contributed by atoms with Gasteiger partial charge in [-0.2, -0.15) is 0 Å². The summed E-state index contributed by atoms with van der Waals surface area (Å²) in [6.07, 6.45) is -0.960. The second kappa shape index (κ2) is 3.21. The number of alkyl halides is 1. The Morgan fingerprint density at radius 2 is 1.50 bits per heavy atom. The Labute approximate surface area is 106 Å². The predicted molar refractivity (Wildman–Crippen MR) is 69.1 cm³/mol. The van der Waals surface area contributed by atoms with Crippen molar-refractivity contribution in [2.45, 2.75) is 24.7 Å². The lowest BCUT2D eigenvalue weighted by molar-refractivity contribution is 0.216. The van der Waals surface area contributed by atoms with Crippen LogP contribution in [0.4, 0.5) is 4.39 Å². The minimum atomic E-state index is -0.960. The third-order valence-electron chi connectivity index (χ3n) is 4.37. The van der Waals surface area contributed by atoms with Gasteiger partial charge in [0.1, 0.15) is 6.17 Å². The van der Waals surface area contributed by atoms with Crippen LogP contribution in [0.3, 0.4) is 0 Å². The molecule has 3 atom stereocenters.